The molecule has 0 fully saturated rings. The zero-order valence-corrected chi connectivity index (χ0v) is 18.8. The first-order valence-electron chi connectivity index (χ1n) is 10.1. The van der Waals surface area contributed by atoms with E-state index in [2.05, 4.69) is 25.8 Å². The van der Waals surface area contributed by atoms with Crippen molar-refractivity contribution in [2.45, 2.75) is 27.0 Å². The maximum Gasteiger partial charge on any atom is 0.261 e. The molecule has 2 amide bonds. The standard InChI is InChI=1S/C23H21N5O4S/c1-14(29)24-11-16-7-9-17(10-8-16)19-13-33-23(26-19)27-22(30)18-5-3-4-6-20(18)31-12-21-25-15(2)32-28-21/h3-10,13H,11-12H2,1-2H3,(H,24,29)(H,26,27,30). The van der Waals surface area contributed by atoms with E-state index < -0.39 is 0 Å². The monoisotopic (exact) mass is 463 g/mol. The Morgan fingerprint density at radius 3 is 2.61 bits per heavy atom. The molecule has 4 aromatic rings. The second-order valence-corrected chi connectivity index (χ2v) is 7.97. The molecule has 2 aromatic heterocycles. The second-order valence-electron chi connectivity index (χ2n) is 7.11. The van der Waals surface area contributed by atoms with Crippen molar-refractivity contribution in [3.63, 3.8) is 0 Å². The van der Waals surface area contributed by atoms with Gasteiger partial charge in [0.2, 0.25) is 17.6 Å². The van der Waals surface area contributed by atoms with Gasteiger partial charge >= 0.3 is 0 Å². The molecule has 0 aliphatic carbocycles. The van der Waals surface area contributed by atoms with Crippen molar-refractivity contribution in [1.29, 1.82) is 0 Å². The van der Waals surface area contributed by atoms with Crippen molar-refractivity contribution in [2.75, 3.05) is 5.32 Å². The molecule has 0 aliphatic heterocycles. The van der Waals surface area contributed by atoms with Crippen LogP contribution in [0.1, 0.15) is 34.6 Å². The summed E-state index contributed by atoms with van der Waals surface area (Å²) >= 11 is 1.33. The highest BCUT2D eigenvalue weighted by Gasteiger charge is 2.15. The smallest absolute Gasteiger partial charge is 0.261 e. The Balaban J connectivity index is 1.41. The lowest BCUT2D eigenvalue weighted by Gasteiger charge is -2.09. The minimum atomic E-state index is -0.332. The highest BCUT2D eigenvalue weighted by atomic mass is 32.1. The van der Waals surface area contributed by atoms with Crippen LogP contribution in [0.25, 0.3) is 11.3 Å². The third-order valence-corrected chi connectivity index (χ3v) is 5.33. The summed E-state index contributed by atoms with van der Waals surface area (Å²) in [4.78, 5) is 32.5. The van der Waals surface area contributed by atoms with Gasteiger partial charge in [0.15, 0.2) is 11.7 Å². The van der Waals surface area contributed by atoms with Crippen molar-refractivity contribution >= 4 is 28.3 Å². The summed E-state index contributed by atoms with van der Waals surface area (Å²) in [5, 5.41) is 11.7. The van der Waals surface area contributed by atoms with Gasteiger partial charge in [0, 0.05) is 31.3 Å². The molecular formula is C23H21N5O4S. The Bertz CT molecular complexity index is 1270. The summed E-state index contributed by atoms with van der Waals surface area (Å²) in [7, 11) is 0. The molecule has 2 heterocycles. The number of ether oxygens (including phenoxy) is 1. The van der Waals surface area contributed by atoms with Gasteiger partial charge in [-0.05, 0) is 17.7 Å². The molecule has 0 radical (unpaired) electrons. The number of aromatic nitrogens is 3. The van der Waals surface area contributed by atoms with Gasteiger partial charge in [-0.1, -0.05) is 41.6 Å². The SMILES string of the molecule is CC(=O)NCc1ccc(-c2csc(NC(=O)c3ccccc3OCc3noc(C)n3)n2)cc1. The fourth-order valence-electron chi connectivity index (χ4n) is 2.97. The number of nitrogens with one attached hydrogen (secondary N) is 2. The van der Waals surface area contributed by atoms with Crippen LogP contribution in [-0.2, 0) is 17.9 Å². The van der Waals surface area contributed by atoms with E-state index in [1.54, 1.807) is 31.2 Å². The molecule has 0 unspecified atom stereocenters. The zero-order chi connectivity index (χ0) is 23.2. The number of aryl methyl sites for hydroxylation is 1. The number of nitrogens with zero attached hydrogens (tertiary/aromatic N) is 3. The summed E-state index contributed by atoms with van der Waals surface area (Å²) in [5.74, 6) is 0.846. The second kappa shape index (κ2) is 10.0. The first-order chi connectivity index (χ1) is 16.0. The molecule has 0 saturated carbocycles. The van der Waals surface area contributed by atoms with Gasteiger partial charge in [0.1, 0.15) is 5.75 Å². The number of anilines is 1. The Morgan fingerprint density at radius 1 is 1.09 bits per heavy atom. The summed E-state index contributed by atoms with van der Waals surface area (Å²) in [5.41, 5.74) is 3.03. The van der Waals surface area contributed by atoms with Crippen LogP contribution in [0, 0.1) is 6.92 Å². The molecule has 0 saturated heterocycles. The summed E-state index contributed by atoms with van der Waals surface area (Å²) in [6.45, 7) is 3.74. The van der Waals surface area contributed by atoms with Crippen molar-refractivity contribution in [3.05, 3.63) is 76.8 Å². The summed E-state index contributed by atoms with van der Waals surface area (Å²) in [6.07, 6.45) is 0. The van der Waals surface area contributed by atoms with Crippen LogP contribution in [0.15, 0.2) is 58.4 Å². The van der Waals surface area contributed by atoms with E-state index in [1.165, 1.54) is 18.3 Å². The minimum Gasteiger partial charge on any atom is -0.485 e. The van der Waals surface area contributed by atoms with E-state index >= 15 is 0 Å². The van der Waals surface area contributed by atoms with Crippen LogP contribution in [0.4, 0.5) is 5.13 Å². The normalized spacial score (nSPS) is 10.6. The largest absolute Gasteiger partial charge is 0.485 e. The third-order valence-electron chi connectivity index (χ3n) is 4.57. The van der Waals surface area contributed by atoms with E-state index in [0.717, 1.165) is 16.8 Å². The van der Waals surface area contributed by atoms with E-state index in [9.17, 15) is 9.59 Å². The van der Waals surface area contributed by atoms with Gasteiger partial charge < -0.3 is 14.6 Å². The van der Waals surface area contributed by atoms with Crippen molar-refractivity contribution in [1.82, 2.24) is 20.4 Å². The summed E-state index contributed by atoms with van der Waals surface area (Å²) in [6, 6.07) is 14.7. The van der Waals surface area contributed by atoms with E-state index in [0.29, 0.717) is 34.7 Å². The van der Waals surface area contributed by atoms with Crippen LogP contribution >= 0.6 is 11.3 Å². The van der Waals surface area contributed by atoms with Crippen molar-refractivity contribution < 1.29 is 18.8 Å². The number of carbonyl (C=O) groups is 2. The Morgan fingerprint density at radius 2 is 1.88 bits per heavy atom. The van der Waals surface area contributed by atoms with E-state index in [1.807, 2.05) is 29.6 Å². The number of para-hydroxylation sites is 1. The Kier molecular flexibility index (Phi) is 6.75. The number of carbonyl (C=O) groups excluding carboxylic acids is 2. The number of benzene rings is 2. The third kappa shape index (κ3) is 5.80. The van der Waals surface area contributed by atoms with Gasteiger partial charge in [0.05, 0.1) is 11.3 Å². The highest BCUT2D eigenvalue weighted by Crippen LogP contribution is 2.27. The average molecular weight is 464 g/mol. The quantitative estimate of drug-likeness (QED) is 0.406. The zero-order valence-electron chi connectivity index (χ0n) is 18.0. The van der Waals surface area contributed by atoms with Gasteiger partial charge in [0.25, 0.3) is 5.91 Å². The molecule has 33 heavy (non-hydrogen) atoms. The fraction of sp³-hybridized carbons (Fsp3) is 0.174. The first kappa shape index (κ1) is 22.2. The maximum atomic E-state index is 12.9. The Labute approximate surface area is 193 Å². The predicted molar refractivity (Wildman–Crippen MR) is 123 cm³/mol. The lowest BCUT2D eigenvalue weighted by molar-refractivity contribution is -0.119. The minimum absolute atomic E-state index is 0.0733. The van der Waals surface area contributed by atoms with E-state index in [4.69, 9.17) is 9.26 Å². The number of hydrogen-bond acceptors (Lipinski definition) is 8. The lowest BCUT2D eigenvalue weighted by atomic mass is 10.1. The average Bonchev–Trinajstić information content (AvgIpc) is 3.45. The topological polar surface area (TPSA) is 119 Å². The molecule has 9 nitrogen and oxygen atoms in total. The van der Waals surface area contributed by atoms with Gasteiger partial charge in [-0.15, -0.1) is 11.3 Å². The number of hydrogen-bond donors (Lipinski definition) is 2. The molecule has 168 valence electrons. The van der Waals surface area contributed by atoms with Crippen LogP contribution < -0.4 is 15.4 Å². The van der Waals surface area contributed by atoms with Crippen molar-refractivity contribution in [2.24, 2.45) is 0 Å². The number of amides is 2. The van der Waals surface area contributed by atoms with Crippen LogP contribution in [0.3, 0.4) is 0 Å². The molecule has 0 bridgehead atoms. The van der Waals surface area contributed by atoms with E-state index in [-0.39, 0.29) is 18.4 Å². The van der Waals surface area contributed by atoms with Gasteiger partial charge in [-0.25, -0.2) is 4.98 Å². The number of rotatable bonds is 8. The Hall–Kier alpha value is -4.05. The molecule has 2 aromatic carbocycles. The first-order valence-corrected chi connectivity index (χ1v) is 11.0. The predicted octanol–water partition coefficient (Wildman–Crippen LogP) is 3.97. The van der Waals surface area contributed by atoms with Crippen molar-refractivity contribution in [3.8, 4) is 17.0 Å². The molecular weight excluding hydrogens is 442 g/mol. The molecule has 4 rings (SSSR count). The molecule has 0 atom stereocenters. The molecule has 2 N–H and O–H groups in total. The van der Waals surface area contributed by atoms with Gasteiger partial charge in [-0.3, -0.25) is 14.9 Å². The molecule has 0 aliphatic rings. The fourth-order valence-corrected chi connectivity index (χ4v) is 3.69. The summed E-state index contributed by atoms with van der Waals surface area (Å²) < 4.78 is 10.7. The van der Waals surface area contributed by atoms with Crippen LogP contribution in [0.5, 0.6) is 5.75 Å². The molecule has 10 heteroatoms. The lowest BCUT2D eigenvalue weighted by Crippen LogP contribution is -2.18. The van der Waals surface area contributed by atoms with Crippen LogP contribution in [0.2, 0.25) is 0 Å². The number of thiazole rings is 1. The maximum absolute atomic E-state index is 12.9. The van der Waals surface area contributed by atoms with Crippen LogP contribution in [-0.4, -0.2) is 26.9 Å². The highest BCUT2D eigenvalue weighted by molar-refractivity contribution is 7.14. The van der Waals surface area contributed by atoms with Gasteiger partial charge in [-0.2, -0.15) is 4.98 Å². The molecule has 0 spiro atoms.